The molecule has 7 heteroatoms. The Labute approximate surface area is 104 Å². The van der Waals surface area contributed by atoms with Crippen molar-refractivity contribution in [3.05, 3.63) is 24.3 Å². The zero-order chi connectivity index (χ0) is 12.7. The molecule has 1 aromatic carbocycles. The Morgan fingerprint density at radius 2 is 2.00 bits per heavy atom. The largest absolute Gasteiger partial charge is 0.494 e. The third-order valence-corrected chi connectivity index (χ3v) is 1.82. The number of carbonyl (C=O) groups excluding carboxylic acids is 1. The van der Waals surface area contributed by atoms with Crippen LogP contribution in [0.15, 0.2) is 24.3 Å². The number of carbonyl (C=O) groups is 1. The summed E-state index contributed by atoms with van der Waals surface area (Å²) in [6.07, 6.45) is 0. The molecular weight excluding hydrogens is 240 g/mol. The number of urea groups is 1. The van der Waals surface area contributed by atoms with Crippen LogP contribution in [-0.2, 0) is 0 Å². The molecule has 0 aromatic heterocycles. The van der Waals surface area contributed by atoms with Crippen molar-refractivity contribution in [2.24, 2.45) is 5.73 Å². The molecule has 0 atom stereocenters. The molecule has 0 bridgehead atoms. The summed E-state index contributed by atoms with van der Waals surface area (Å²) < 4.78 is 5.27. The van der Waals surface area contributed by atoms with E-state index >= 15 is 0 Å². The lowest BCUT2D eigenvalue weighted by Gasteiger charge is -2.09. The second kappa shape index (κ2) is 6.54. The summed E-state index contributed by atoms with van der Waals surface area (Å²) in [6, 6.07) is 6.53. The van der Waals surface area contributed by atoms with E-state index in [0.29, 0.717) is 12.3 Å². The molecule has 1 rings (SSSR count). The van der Waals surface area contributed by atoms with Gasteiger partial charge in [0.15, 0.2) is 5.11 Å². The summed E-state index contributed by atoms with van der Waals surface area (Å²) in [5, 5.41) is 2.58. The zero-order valence-electron chi connectivity index (χ0n) is 9.32. The van der Waals surface area contributed by atoms with Crippen LogP contribution in [0.3, 0.4) is 0 Å². The third-order valence-electron chi connectivity index (χ3n) is 1.72. The van der Waals surface area contributed by atoms with Crippen molar-refractivity contribution in [2.75, 3.05) is 11.9 Å². The summed E-state index contributed by atoms with van der Waals surface area (Å²) in [4.78, 5) is 11.3. The maximum absolute atomic E-state index is 11.3. The molecule has 0 saturated carbocycles. The van der Waals surface area contributed by atoms with Gasteiger partial charge >= 0.3 is 6.03 Å². The number of ether oxygens (including phenoxy) is 1. The van der Waals surface area contributed by atoms with Crippen LogP contribution in [0.2, 0.25) is 0 Å². The Balaban J connectivity index is 2.45. The van der Waals surface area contributed by atoms with Gasteiger partial charge < -0.3 is 15.8 Å². The van der Waals surface area contributed by atoms with E-state index in [9.17, 15) is 4.79 Å². The fourth-order valence-electron chi connectivity index (χ4n) is 1.08. The van der Waals surface area contributed by atoms with Crippen LogP contribution in [0, 0.1) is 0 Å². The predicted molar refractivity (Wildman–Crippen MR) is 69.7 cm³/mol. The smallest absolute Gasteiger partial charge is 0.337 e. The maximum atomic E-state index is 11.3. The molecule has 0 radical (unpaired) electrons. The number of amides is 2. The Hall–Kier alpha value is -2.02. The third kappa shape index (κ3) is 5.03. The number of hydrogen-bond acceptors (Lipinski definition) is 3. The van der Waals surface area contributed by atoms with Crippen molar-refractivity contribution < 1.29 is 9.53 Å². The minimum Gasteiger partial charge on any atom is -0.494 e. The van der Waals surface area contributed by atoms with Crippen molar-refractivity contribution in [2.45, 2.75) is 6.92 Å². The summed E-state index contributed by atoms with van der Waals surface area (Å²) in [7, 11) is 0. The Morgan fingerprint density at radius 1 is 1.35 bits per heavy atom. The first kappa shape index (κ1) is 13.0. The van der Waals surface area contributed by atoms with Gasteiger partial charge in [0.2, 0.25) is 0 Å². The molecule has 0 spiro atoms. The molecule has 0 fully saturated rings. The fraction of sp³-hybridized carbons (Fsp3) is 0.200. The standard InChI is InChI=1S/C10H14N4O2S/c1-2-16-8-5-3-7(4-6-8)12-10(15)14-13-9(11)17/h3-6H,2H2,1H3,(H3,11,13,17)(H2,12,14,15). The molecule has 0 aliphatic carbocycles. The minimum absolute atomic E-state index is 0.00755. The number of hydrogen-bond donors (Lipinski definition) is 4. The molecule has 0 aliphatic heterocycles. The lowest BCUT2D eigenvalue weighted by molar-refractivity contribution is 0.250. The lowest BCUT2D eigenvalue weighted by Crippen LogP contribution is -2.46. The molecule has 2 amide bonds. The second-order valence-corrected chi connectivity index (χ2v) is 3.47. The van der Waals surface area contributed by atoms with Gasteiger partial charge in [-0.25, -0.2) is 10.2 Å². The number of thiocarbonyl (C=S) groups is 1. The molecule has 6 nitrogen and oxygen atoms in total. The van der Waals surface area contributed by atoms with Gasteiger partial charge in [-0.15, -0.1) is 0 Å². The van der Waals surface area contributed by atoms with Crippen LogP contribution in [0.4, 0.5) is 10.5 Å². The van der Waals surface area contributed by atoms with Gasteiger partial charge in [0, 0.05) is 5.69 Å². The number of nitrogens with one attached hydrogen (secondary N) is 3. The van der Waals surface area contributed by atoms with Crippen LogP contribution in [0.5, 0.6) is 5.75 Å². The highest BCUT2D eigenvalue weighted by Gasteiger charge is 2.01. The lowest BCUT2D eigenvalue weighted by atomic mass is 10.3. The zero-order valence-corrected chi connectivity index (χ0v) is 10.1. The Bertz CT molecular complexity index is 394. The van der Waals surface area contributed by atoms with E-state index in [0.717, 1.165) is 5.75 Å². The number of rotatable bonds is 3. The van der Waals surface area contributed by atoms with Crippen molar-refractivity contribution in [3.8, 4) is 5.75 Å². The quantitative estimate of drug-likeness (QED) is 0.476. The van der Waals surface area contributed by atoms with Gasteiger partial charge in [-0.1, -0.05) is 0 Å². The average Bonchev–Trinajstić information content (AvgIpc) is 2.29. The van der Waals surface area contributed by atoms with E-state index in [1.807, 2.05) is 6.92 Å². The molecule has 0 saturated heterocycles. The van der Waals surface area contributed by atoms with Gasteiger partial charge in [0.25, 0.3) is 0 Å². The normalized spacial score (nSPS) is 9.24. The molecule has 17 heavy (non-hydrogen) atoms. The average molecular weight is 254 g/mol. The molecule has 92 valence electrons. The van der Waals surface area contributed by atoms with Crippen LogP contribution in [-0.4, -0.2) is 17.8 Å². The van der Waals surface area contributed by atoms with Crippen LogP contribution in [0.1, 0.15) is 6.92 Å². The maximum Gasteiger partial charge on any atom is 0.337 e. The van der Waals surface area contributed by atoms with Crippen molar-refractivity contribution in [3.63, 3.8) is 0 Å². The summed E-state index contributed by atoms with van der Waals surface area (Å²) in [5.74, 6) is 0.750. The van der Waals surface area contributed by atoms with Crippen LogP contribution >= 0.6 is 12.2 Å². The number of anilines is 1. The first-order valence-electron chi connectivity index (χ1n) is 4.97. The Kier molecular flexibility index (Phi) is 5.02. The molecule has 0 aliphatic rings. The SMILES string of the molecule is CCOc1ccc(NC(=O)NNC(N)=S)cc1. The van der Waals surface area contributed by atoms with E-state index < -0.39 is 6.03 Å². The summed E-state index contributed by atoms with van der Waals surface area (Å²) in [5.41, 5.74) is 10.4. The van der Waals surface area contributed by atoms with E-state index in [2.05, 4.69) is 28.4 Å². The number of hydrazine groups is 1. The van der Waals surface area contributed by atoms with E-state index in [1.54, 1.807) is 24.3 Å². The van der Waals surface area contributed by atoms with E-state index in [-0.39, 0.29) is 5.11 Å². The predicted octanol–water partition coefficient (Wildman–Crippen LogP) is 0.955. The number of nitrogens with two attached hydrogens (primary N) is 1. The molecule has 0 heterocycles. The highest BCUT2D eigenvalue weighted by atomic mass is 32.1. The Morgan fingerprint density at radius 3 is 2.53 bits per heavy atom. The molecular formula is C10H14N4O2S. The highest BCUT2D eigenvalue weighted by molar-refractivity contribution is 7.80. The van der Waals surface area contributed by atoms with E-state index in [4.69, 9.17) is 10.5 Å². The van der Waals surface area contributed by atoms with Gasteiger partial charge in [0.1, 0.15) is 5.75 Å². The van der Waals surface area contributed by atoms with Gasteiger partial charge in [0.05, 0.1) is 6.61 Å². The van der Waals surface area contributed by atoms with Crippen LogP contribution < -0.4 is 26.6 Å². The molecule has 1 aromatic rings. The molecule has 0 unspecified atom stereocenters. The fourth-order valence-corrected chi connectivity index (χ4v) is 1.13. The monoisotopic (exact) mass is 254 g/mol. The first-order valence-corrected chi connectivity index (χ1v) is 5.38. The van der Waals surface area contributed by atoms with E-state index in [1.165, 1.54) is 0 Å². The van der Waals surface area contributed by atoms with Crippen molar-refractivity contribution in [1.29, 1.82) is 0 Å². The topological polar surface area (TPSA) is 88.4 Å². The second-order valence-electron chi connectivity index (χ2n) is 3.03. The van der Waals surface area contributed by atoms with Gasteiger partial charge in [-0.05, 0) is 43.4 Å². The summed E-state index contributed by atoms with van der Waals surface area (Å²) in [6.45, 7) is 2.51. The first-order chi connectivity index (χ1) is 8.11. The summed E-state index contributed by atoms with van der Waals surface area (Å²) >= 11 is 4.53. The van der Waals surface area contributed by atoms with Crippen molar-refractivity contribution >= 4 is 29.0 Å². The highest BCUT2D eigenvalue weighted by Crippen LogP contribution is 2.15. The number of benzene rings is 1. The minimum atomic E-state index is -0.457. The molecule has 5 N–H and O–H groups in total. The van der Waals surface area contributed by atoms with Crippen LogP contribution in [0.25, 0.3) is 0 Å². The van der Waals surface area contributed by atoms with Gasteiger partial charge in [-0.3, -0.25) is 5.43 Å². The van der Waals surface area contributed by atoms with Crippen molar-refractivity contribution in [1.82, 2.24) is 10.9 Å². The van der Waals surface area contributed by atoms with Gasteiger partial charge in [-0.2, -0.15) is 0 Å².